The Labute approximate surface area is 53.8 Å². The van der Waals surface area contributed by atoms with Gasteiger partial charge in [0.05, 0.1) is 0 Å². The van der Waals surface area contributed by atoms with Crippen molar-refractivity contribution in [1.82, 2.24) is 0 Å². The second-order valence-electron chi connectivity index (χ2n) is 2.05. The van der Waals surface area contributed by atoms with Crippen LogP contribution in [-0.2, 0) is 6.54 Å². The van der Waals surface area contributed by atoms with Crippen molar-refractivity contribution in [3.8, 4) is 0 Å². The maximum Gasteiger partial charge on any atom is 0.0401 e. The molecule has 3 N–H and O–H groups in total. The number of anilines is 1. The van der Waals surface area contributed by atoms with Crippen molar-refractivity contribution in [1.29, 1.82) is 0 Å². The Hall–Kier alpha value is -1.02. The fraction of sp³-hybridized carbons (Fsp3) is 0.143. The number of nitrogens with one attached hydrogen (secondary N) is 1. The summed E-state index contributed by atoms with van der Waals surface area (Å²) in [5, 5.41) is 3.22. The molecule has 0 saturated carbocycles. The van der Waals surface area contributed by atoms with E-state index < -0.39 is 0 Å². The van der Waals surface area contributed by atoms with Crippen LogP contribution in [0.3, 0.4) is 0 Å². The van der Waals surface area contributed by atoms with Crippen molar-refractivity contribution >= 4 is 5.69 Å². The number of rotatable bonds is 0. The molecule has 9 heavy (non-hydrogen) atoms. The zero-order valence-corrected chi connectivity index (χ0v) is 5.02. The first-order valence-corrected chi connectivity index (χ1v) is 2.78. The molecule has 1 aromatic rings. The fourth-order valence-electron chi connectivity index (χ4n) is 0.995. The monoisotopic (exact) mass is 123 g/mol. The largest absolute Gasteiger partial charge is 0.412 e. The van der Waals surface area contributed by atoms with Gasteiger partial charge in [0.2, 0.25) is 0 Å². The Morgan fingerprint density at radius 2 is 2.22 bits per heavy atom. The van der Waals surface area contributed by atoms with E-state index in [2.05, 4.69) is 29.6 Å². The summed E-state index contributed by atoms with van der Waals surface area (Å²) >= 11 is 0. The van der Waals surface area contributed by atoms with Crippen LogP contribution >= 0.6 is 0 Å². The first kappa shape index (κ1) is 6.11. The smallest absolute Gasteiger partial charge is 0.0401 e. The van der Waals surface area contributed by atoms with E-state index in [0.29, 0.717) is 0 Å². The van der Waals surface area contributed by atoms with Gasteiger partial charge in [0, 0.05) is 12.2 Å². The van der Waals surface area contributed by atoms with E-state index in [0.717, 1.165) is 6.54 Å². The molecule has 0 fully saturated rings. The standard InChI is InChI=1S/C7H7N.H2O/c1-2-6-4-7(3-1)8-5-6;/h1-4,8H,5H2;1H2. The second kappa shape index (κ2) is 2.07. The maximum absolute atomic E-state index is 3.22. The lowest BCUT2D eigenvalue weighted by molar-refractivity contribution is 0.824. The number of hydrogen-bond acceptors (Lipinski definition) is 1. The Bertz CT molecular complexity index is 191. The van der Waals surface area contributed by atoms with Crippen molar-refractivity contribution in [2.24, 2.45) is 0 Å². The van der Waals surface area contributed by atoms with Gasteiger partial charge in [-0.1, -0.05) is 12.1 Å². The van der Waals surface area contributed by atoms with Gasteiger partial charge in [-0.2, -0.15) is 0 Å². The average molecular weight is 123 g/mol. The summed E-state index contributed by atoms with van der Waals surface area (Å²) in [5.41, 5.74) is 2.64. The molecule has 1 aromatic carbocycles. The fourth-order valence-corrected chi connectivity index (χ4v) is 0.995. The molecule has 48 valence electrons. The van der Waals surface area contributed by atoms with Gasteiger partial charge in [0.1, 0.15) is 0 Å². The molecule has 0 atom stereocenters. The van der Waals surface area contributed by atoms with Gasteiger partial charge >= 0.3 is 0 Å². The van der Waals surface area contributed by atoms with Gasteiger partial charge in [-0.3, -0.25) is 0 Å². The summed E-state index contributed by atoms with van der Waals surface area (Å²) in [6, 6.07) is 8.45. The van der Waals surface area contributed by atoms with Crippen LogP contribution in [0.1, 0.15) is 5.56 Å². The van der Waals surface area contributed by atoms with Crippen molar-refractivity contribution in [3.05, 3.63) is 29.8 Å². The summed E-state index contributed by atoms with van der Waals surface area (Å²) < 4.78 is 0. The van der Waals surface area contributed by atoms with Crippen LogP contribution in [0.25, 0.3) is 0 Å². The summed E-state index contributed by atoms with van der Waals surface area (Å²) in [6.45, 7) is 1.02. The van der Waals surface area contributed by atoms with Gasteiger partial charge in [-0.25, -0.2) is 0 Å². The summed E-state index contributed by atoms with van der Waals surface area (Å²) in [7, 11) is 0. The van der Waals surface area contributed by atoms with Gasteiger partial charge < -0.3 is 10.8 Å². The SMILES string of the molecule is O.c1cc2cc(c1)NC2. The Morgan fingerprint density at radius 3 is 2.89 bits per heavy atom. The molecule has 1 heterocycles. The van der Waals surface area contributed by atoms with Crippen LogP contribution in [0.5, 0.6) is 0 Å². The molecular formula is C7H9NO. The summed E-state index contributed by atoms with van der Waals surface area (Å²) in [4.78, 5) is 0. The number of benzene rings is 1. The molecule has 2 bridgehead atoms. The molecule has 0 aromatic heterocycles. The van der Waals surface area contributed by atoms with E-state index in [1.54, 1.807) is 0 Å². The van der Waals surface area contributed by atoms with Crippen LogP contribution in [0.2, 0.25) is 0 Å². The van der Waals surface area contributed by atoms with Crippen LogP contribution in [0.4, 0.5) is 5.69 Å². The average Bonchev–Trinajstić information content (AvgIpc) is 2.12. The highest BCUT2D eigenvalue weighted by Crippen LogP contribution is 2.17. The Balaban J connectivity index is 0.000000405. The highest BCUT2D eigenvalue weighted by atomic mass is 16.0. The third-order valence-corrected chi connectivity index (χ3v) is 1.42. The first-order valence-electron chi connectivity index (χ1n) is 2.78. The van der Waals surface area contributed by atoms with Gasteiger partial charge in [0.25, 0.3) is 0 Å². The van der Waals surface area contributed by atoms with Crippen molar-refractivity contribution in [2.75, 3.05) is 5.32 Å². The van der Waals surface area contributed by atoms with Crippen LogP contribution in [0, 0.1) is 0 Å². The van der Waals surface area contributed by atoms with E-state index in [1.807, 2.05) is 0 Å². The van der Waals surface area contributed by atoms with Crippen molar-refractivity contribution in [3.63, 3.8) is 0 Å². The van der Waals surface area contributed by atoms with Gasteiger partial charge in [-0.05, 0) is 17.7 Å². The van der Waals surface area contributed by atoms with E-state index in [4.69, 9.17) is 0 Å². The summed E-state index contributed by atoms with van der Waals surface area (Å²) in [6.07, 6.45) is 0. The molecule has 2 rings (SSSR count). The highest BCUT2D eigenvalue weighted by Gasteiger charge is 2.00. The quantitative estimate of drug-likeness (QED) is 0.544. The minimum Gasteiger partial charge on any atom is -0.412 e. The van der Waals surface area contributed by atoms with E-state index in [9.17, 15) is 0 Å². The maximum atomic E-state index is 3.22. The van der Waals surface area contributed by atoms with Gasteiger partial charge in [-0.15, -0.1) is 0 Å². The predicted molar refractivity (Wildman–Crippen MR) is 37.4 cm³/mol. The first-order chi connectivity index (χ1) is 3.95. The Kier molecular flexibility index (Phi) is 1.40. The highest BCUT2D eigenvalue weighted by molar-refractivity contribution is 5.51. The molecule has 0 aliphatic carbocycles. The van der Waals surface area contributed by atoms with E-state index in [1.165, 1.54) is 11.3 Å². The van der Waals surface area contributed by atoms with Crippen molar-refractivity contribution in [2.45, 2.75) is 6.54 Å². The van der Waals surface area contributed by atoms with Crippen LogP contribution in [0.15, 0.2) is 24.3 Å². The molecule has 0 amide bonds. The summed E-state index contributed by atoms with van der Waals surface area (Å²) in [5.74, 6) is 0. The van der Waals surface area contributed by atoms with E-state index in [-0.39, 0.29) is 5.48 Å². The molecule has 1 aliphatic rings. The van der Waals surface area contributed by atoms with Crippen LogP contribution < -0.4 is 5.32 Å². The zero-order chi connectivity index (χ0) is 5.40. The molecule has 0 unspecified atom stereocenters. The molecule has 0 saturated heterocycles. The minimum absolute atomic E-state index is 0. The molecule has 1 aliphatic heterocycles. The zero-order valence-electron chi connectivity index (χ0n) is 5.02. The molecule has 2 heteroatoms. The second-order valence-corrected chi connectivity index (χ2v) is 2.05. The number of hydrogen-bond donors (Lipinski definition) is 1. The van der Waals surface area contributed by atoms with Crippen molar-refractivity contribution < 1.29 is 5.48 Å². The Morgan fingerprint density at radius 1 is 1.33 bits per heavy atom. The third kappa shape index (κ3) is 0.886. The lowest BCUT2D eigenvalue weighted by atomic mass is 10.2. The lowest BCUT2D eigenvalue weighted by Crippen LogP contribution is -1.85. The number of fused-ring (bicyclic) bond motifs is 2. The normalized spacial score (nSPS) is 12.0. The molecule has 2 nitrogen and oxygen atoms in total. The molecule has 0 radical (unpaired) electrons. The molecule has 0 spiro atoms. The lowest BCUT2D eigenvalue weighted by Gasteiger charge is -1.87. The predicted octanol–water partition coefficient (Wildman–Crippen LogP) is 0.787. The van der Waals surface area contributed by atoms with E-state index >= 15 is 0 Å². The minimum atomic E-state index is 0. The van der Waals surface area contributed by atoms with Gasteiger partial charge in [0.15, 0.2) is 0 Å². The third-order valence-electron chi connectivity index (χ3n) is 1.42. The molecular weight excluding hydrogens is 114 g/mol. The topological polar surface area (TPSA) is 43.5 Å². The van der Waals surface area contributed by atoms with Crippen LogP contribution in [-0.4, -0.2) is 5.48 Å².